The second-order valence-corrected chi connectivity index (χ2v) is 3.74. The number of carbonyl (C=O) groups excluding carboxylic acids is 1. The van der Waals surface area contributed by atoms with Crippen LogP contribution in [-0.2, 0) is 9.53 Å². The van der Waals surface area contributed by atoms with Crippen LogP contribution in [0.1, 0.15) is 22.3 Å². The van der Waals surface area contributed by atoms with E-state index in [9.17, 15) is 9.59 Å². The third kappa shape index (κ3) is 5.31. The van der Waals surface area contributed by atoms with Gasteiger partial charge in [0.15, 0.2) is 0 Å². The van der Waals surface area contributed by atoms with Crippen molar-refractivity contribution < 1.29 is 19.4 Å². The van der Waals surface area contributed by atoms with E-state index in [4.69, 9.17) is 9.84 Å². The maximum Gasteiger partial charge on any atom is 0.328 e. The maximum atomic E-state index is 11.9. The molecule has 0 radical (unpaired) electrons. The topological polar surface area (TPSA) is 88.5 Å². The van der Waals surface area contributed by atoms with Gasteiger partial charge in [0.2, 0.25) is 0 Å². The average molecular weight is 264 g/mol. The van der Waals surface area contributed by atoms with E-state index in [2.05, 4.69) is 10.3 Å². The number of methoxy groups -OCH3 is 1. The van der Waals surface area contributed by atoms with Gasteiger partial charge >= 0.3 is 5.97 Å². The van der Waals surface area contributed by atoms with Gasteiger partial charge in [-0.2, -0.15) is 0 Å². The predicted molar refractivity (Wildman–Crippen MR) is 69.7 cm³/mol. The zero-order valence-electron chi connectivity index (χ0n) is 10.6. The van der Waals surface area contributed by atoms with Gasteiger partial charge in [0.1, 0.15) is 0 Å². The molecule has 1 rings (SSSR count). The predicted octanol–water partition coefficient (Wildman–Crippen LogP) is 0.946. The standard InChI is InChI=1S/C13H16N2O4/c1-19-8-2-6-15-13(18)11-5-7-14-9-10(11)3-4-12(16)17/h3-5,7,9H,2,6,8H2,1H3,(H,15,18)(H,16,17). The van der Waals surface area contributed by atoms with E-state index < -0.39 is 5.97 Å². The van der Waals surface area contributed by atoms with Crippen LogP contribution in [0.25, 0.3) is 6.08 Å². The Morgan fingerprint density at radius 3 is 3.00 bits per heavy atom. The molecule has 19 heavy (non-hydrogen) atoms. The molecule has 1 heterocycles. The van der Waals surface area contributed by atoms with Crippen LogP contribution in [-0.4, -0.2) is 42.2 Å². The first-order chi connectivity index (χ1) is 9.15. The Morgan fingerprint density at radius 2 is 2.32 bits per heavy atom. The molecule has 0 saturated carbocycles. The Bertz CT molecular complexity index is 471. The summed E-state index contributed by atoms with van der Waals surface area (Å²) in [5.74, 6) is -1.33. The number of carbonyl (C=O) groups is 2. The molecule has 0 fully saturated rings. The number of hydrogen-bond donors (Lipinski definition) is 2. The molecule has 0 saturated heterocycles. The van der Waals surface area contributed by atoms with Crippen LogP contribution in [0, 0.1) is 0 Å². The molecule has 6 nitrogen and oxygen atoms in total. The van der Waals surface area contributed by atoms with Crippen LogP contribution in [0.3, 0.4) is 0 Å². The molecule has 0 aliphatic rings. The lowest BCUT2D eigenvalue weighted by atomic mass is 10.1. The molecule has 1 aromatic heterocycles. The summed E-state index contributed by atoms with van der Waals surface area (Å²) in [5, 5.41) is 11.3. The first-order valence-electron chi connectivity index (χ1n) is 5.77. The molecule has 0 aliphatic carbocycles. The van der Waals surface area contributed by atoms with Gasteiger partial charge in [0.05, 0.1) is 0 Å². The zero-order valence-corrected chi connectivity index (χ0v) is 10.6. The Balaban J connectivity index is 2.71. The van der Waals surface area contributed by atoms with Crippen molar-refractivity contribution in [3.05, 3.63) is 35.7 Å². The number of carboxylic acid groups (broad SMARTS) is 1. The van der Waals surface area contributed by atoms with Crippen molar-refractivity contribution in [3.8, 4) is 0 Å². The smallest absolute Gasteiger partial charge is 0.328 e. The molecule has 2 N–H and O–H groups in total. The molecule has 0 spiro atoms. The van der Waals surface area contributed by atoms with Gasteiger partial charge < -0.3 is 15.2 Å². The minimum atomic E-state index is -1.07. The van der Waals surface area contributed by atoms with Crippen LogP contribution in [0.5, 0.6) is 0 Å². The molecule has 0 aromatic carbocycles. The summed E-state index contributed by atoms with van der Waals surface area (Å²) in [4.78, 5) is 26.3. The summed E-state index contributed by atoms with van der Waals surface area (Å²) in [6.07, 6.45) is 5.97. The monoisotopic (exact) mass is 264 g/mol. The fourth-order valence-corrected chi connectivity index (χ4v) is 1.42. The Morgan fingerprint density at radius 1 is 1.53 bits per heavy atom. The highest BCUT2D eigenvalue weighted by atomic mass is 16.5. The zero-order chi connectivity index (χ0) is 14.1. The molecular formula is C13H16N2O4. The lowest BCUT2D eigenvalue weighted by Gasteiger charge is -2.07. The number of rotatable bonds is 7. The normalized spacial score (nSPS) is 10.6. The van der Waals surface area contributed by atoms with Crippen molar-refractivity contribution >= 4 is 18.0 Å². The van der Waals surface area contributed by atoms with Gasteiger partial charge in [0.25, 0.3) is 5.91 Å². The summed E-state index contributed by atoms with van der Waals surface area (Å²) in [6.45, 7) is 1.07. The third-order valence-electron chi connectivity index (χ3n) is 2.31. The van der Waals surface area contributed by atoms with Gasteiger partial charge in [0, 0.05) is 49.9 Å². The summed E-state index contributed by atoms with van der Waals surface area (Å²) in [6, 6.07) is 1.55. The van der Waals surface area contributed by atoms with Crippen molar-refractivity contribution in [2.45, 2.75) is 6.42 Å². The highest BCUT2D eigenvalue weighted by Gasteiger charge is 2.09. The van der Waals surface area contributed by atoms with E-state index in [1.165, 1.54) is 18.5 Å². The number of carboxylic acids is 1. The van der Waals surface area contributed by atoms with E-state index >= 15 is 0 Å². The Kier molecular flexibility index (Phi) is 6.25. The summed E-state index contributed by atoms with van der Waals surface area (Å²) < 4.78 is 4.88. The number of aromatic nitrogens is 1. The molecule has 0 atom stereocenters. The van der Waals surface area contributed by atoms with E-state index in [0.717, 1.165) is 6.08 Å². The number of pyridine rings is 1. The minimum absolute atomic E-state index is 0.261. The molecule has 6 heteroatoms. The van der Waals surface area contributed by atoms with E-state index in [0.29, 0.717) is 30.7 Å². The molecule has 1 aromatic rings. The van der Waals surface area contributed by atoms with Gasteiger partial charge in [-0.3, -0.25) is 9.78 Å². The molecule has 102 valence electrons. The first kappa shape index (κ1) is 14.8. The highest BCUT2D eigenvalue weighted by molar-refractivity contribution is 5.98. The highest BCUT2D eigenvalue weighted by Crippen LogP contribution is 2.09. The van der Waals surface area contributed by atoms with Gasteiger partial charge in [-0.1, -0.05) is 0 Å². The Labute approximate surface area is 111 Å². The van der Waals surface area contributed by atoms with E-state index in [1.807, 2.05) is 0 Å². The number of nitrogens with zero attached hydrogens (tertiary/aromatic N) is 1. The maximum absolute atomic E-state index is 11.9. The van der Waals surface area contributed by atoms with E-state index in [1.54, 1.807) is 13.2 Å². The average Bonchev–Trinajstić information content (AvgIpc) is 2.41. The largest absolute Gasteiger partial charge is 0.478 e. The van der Waals surface area contributed by atoms with Crippen molar-refractivity contribution in [1.29, 1.82) is 0 Å². The second kappa shape index (κ2) is 7.99. The molecule has 1 amide bonds. The van der Waals surface area contributed by atoms with Crippen LogP contribution in [0.4, 0.5) is 0 Å². The quantitative estimate of drug-likeness (QED) is 0.565. The first-order valence-corrected chi connectivity index (χ1v) is 5.77. The van der Waals surface area contributed by atoms with Gasteiger partial charge in [-0.05, 0) is 18.6 Å². The number of hydrogen-bond acceptors (Lipinski definition) is 4. The van der Waals surface area contributed by atoms with Crippen molar-refractivity contribution in [2.24, 2.45) is 0 Å². The second-order valence-electron chi connectivity index (χ2n) is 3.74. The van der Waals surface area contributed by atoms with Gasteiger partial charge in [-0.25, -0.2) is 4.79 Å². The van der Waals surface area contributed by atoms with Gasteiger partial charge in [-0.15, -0.1) is 0 Å². The Hall–Kier alpha value is -2.21. The number of nitrogens with one attached hydrogen (secondary N) is 1. The molecular weight excluding hydrogens is 248 g/mol. The SMILES string of the molecule is COCCCNC(=O)c1ccncc1C=CC(=O)O. The number of amides is 1. The van der Waals surface area contributed by atoms with Crippen LogP contribution in [0.15, 0.2) is 24.5 Å². The van der Waals surface area contributed by atoms with E-state index in [-0.39, 0.29) is 5.91 Å². The minimum Gasteiger partial charge on any atom is -0.478 e. The summed E-state index contributed by atoms with van der Waals surface area (Å²) in [5.41, 5.74) is 0.860. The molecule has 0 unspecified atom stereocenters. The summed E-state index contributed by atoms with van der Waals surface area (Å²) in [7, 11) is 1.60. The molecule has 0 bridgehead atoms. The van der Waals surface area contributed by atoms with Crippen LogP contribution >= 0.6 is 0 Å². The fraction of sp³-hybridized carbons (Fsp3) is 0.308. The lowest BCUT2D eigenvalue weighted by Crippen LogP contribution is -2.25. The summed E-state index contributed by atoms with van der Waals surface area (Å²) >= 11 is 0. The number of aliphatic carboxylic acids is 1. The third-order valence-corrected chi connectivity index (χ3v) is 2.31. The number of ether oxygens (including phenoxy) is 1. The molecule has 0 aliphatic heterocycles. The van der Waals surface area contributed by atoms with Crippen molar-refractivity contribution in [2.75, 3.05) is 20.3 Å². The lowest BCUT2D eigenvalue weighted by molar-refractivity contribution is -0.131. The van der Waals surface area contributed by atoms with Crippen molar-refractivity contribution in [1.82, 2.24) is 10.3 Å². The fourth-order valence-electron chi connectivity index (χ4n) is 1.42. The van der Waals surface area contributed by atoms with Crippen LogP contribution in [0.2, 0.25) is 0 Å². The van der Waals surface area contributed by atoms with Crippen molar-refractivity contribution in [3.63, 3.8) is 0 Å². The van der Waals surface area contributed by atoms with Crippen LogP contribution < -0.4 is 5.32 Å².